The van der Waals surface area contributed by atoms with Crippen molar-refractivity contribution < 1.29 is 9.53 Å². The summed E-state index contributed by atoms with van der Waals surface area (Å²) in [6.07, 6.45) is -0.268. The number of carbonyl (C=O) groups excluding carboxylic acids is 1. The lowest BCUT2D eigenvalue weighted by Crippen LogP contribution is -2.43. The van der Waals surface area contributed by atoms with Crippen LogP contribution in [-0.2, 0) is 4.79 Å². The van der Waals surface area contributed by atoms with Crippen molar-refractivity contribution in [3.63, 3.8) is 0 Å². The van der Waals surface area contributed by atoms with Crippen LogP contribution in [-0.4, -0.2) is 18.1 Å². The van der Waals surface area contributed by atoms with Gasteiger partial charge in [0, 0.05) is 5.69 Å². The van der Waals surface area contributed by atoms with Crippen molar-refractivity contribution in [1.82, 2.24) is 10.9 Å². The summed E-state index contributed by atoms with van der Waals surface area (Å²) in [5.74, 6) is -0.137. The normalized spacial score (nSPS) is 9.30. The van der Waals surface area contributed by atoms with Gasteiger partial charge in [-0.2, -0.15) is 5.26 Å². The van der Waals surface area contributed by atoms with Crippen molar-refractivity contribution in [3.8, 4) is 11.8 Å². The summed E-state index contributed by atoms with van der Waals surface area (Å²) in [7, 11) is 1.46. The first-order valence-corrected chi connectivity index (χ1v) is 6.40. The minimum atomic E-state index is -0.498. The quantitative estimate of drug-likeness (QED) is 0.581. The van der Waals surface area contributed by atoms with E-state index < -0.39 is 5.91 Å². The number of ether oxygens (including phenoxy) is 1. The van der Waals surface area contributed by atoms with Gasteiger partial charge in [0.2, 0.25) is 0 Å². The number of thiocarbonyl (C=S) groups is 1. The van der Waals surface area contributed by atoms with Crippen molar-refractivity contribution in [2.75, 3.05) is 12.4 Å². The van der Waals surface area contributed by atoms with Gasteiger partial charge in [-0.25, -0.2) is 0 Å². The van der Waals surface area contributed by atoms with Crippen molar-refractivity contribution in [1.29, 1.82) is 5.26 Å². The SMILES string of the molecule is COc1c(Cl)cc(NC(=S)NNC(=O)CC#N)cc1Cl. The number of nitrogens with zero attached hydrogens (tertiary/aromatic N) is 1. The van der Waals surface area contributed by atoms with E-state index in [1.165, 1.54) is 7.11 Å². The maximum absolute atomic E-state index is 11.0. The molecule has 0 atom stereocenters. The first-order valence-electron chi connectivity index (χ1n) is 5.23. The lowest BCUT2D eigenvalue weighted by Gasteiger charge is -2.13. The molecule has 0 aliphatic heterocycles. The summed E-state index contributed by atoms with van der Waals surface area (Å²) in [6.45, 7) is 0. The summed E-state index contributed by atoms with van der Waals surface area (Å²) >= 11 is 16.9. The van der Waals surface area contributed by atoms with E-state index in [2.05, 4.69) is 16.2 Å². The first-order chi connectivity index (χ1) is 9.47. The number of anilines is 1. The smallest absolute Gasteiger partial charge is 0.252 e. The molecule has 0 aliphatic rings. The van der Waals surface area contributed by atoms with Crippen LogP contribution in [0.3, 0.4) is 0 Å². The molecule has 0 bridgehead atoms. The van der Waals surface area contributed by atoms with Crippen LogP contribution in [0.4, 0.5) is 5.69 Å². The minimum Gasteiger partial charge on any atom is -0.494 e. The highest BCUT2D eigenvalue weighted by atomic mass is 35.5. The molecule has 1 aromatic rings. The fraction of sp³-hybridized carbons (Fsp3) is 0.182. The fourth-order valence-electron chi connectivity index (χ4n) is 1.23. The van der Waals surface area contributed by atoms with E-state index in [-0.39, 0.29) is 11.5 Å². The third-order valence-corrected chi connectivity index (χ3v) is 2.78. The summed E-state index contributed by atoms with van der Waals surface area (Å²) in [5, 5.41) is 11.8. The van der Waals surface area contributed by atoms with Crippen molar-refractivity contribution in [2.24, 2.45) is 0 Å². The molecule has 9 heteroatoms. The molecular formula is C11H10Cl2N4O2S. The van der Waals surface area contributed by atoms with Crippen LogP contribution in [0.2, 0.25) is 10.0 Å². The molecular weight excluding hydrogens is 323 g/mol. The highest BCUT2D eigenvalue weighted by molar-refractivity contribution is 7.80. The number of halogens is 2. The zero-order chi connectivity index (χ0) is 15.1. The zero-order valence-corrected chi connectivity index (χ0v) is 12.6. The highest BCUT2D eigenvalue weighted by Gasteiger charge is 2.09. The fourth-order valence-corrected chi connectivity index (χ4v) is 2.04. The molecule has 0 aliphatic carbocycles. The average Bonchev–Trinajstić information content (AvgIpc) is 2.36. The molecule has 0 saturated carbocycles. The zero-order valence-electron chi connectivity index (χ0n) is 10.3. The molecule has 1 aromatic carbocycles. The molecule has 0 spiro atoms. The van der Waals surface area contributed by atoms with Gasteiger partial charge in [0.1, 0.15) is 6.42 Å². The molecule has 0 radical (unpaired) electrons. The minimum absolute atomic E-state index is 0.119. The van der Waals surface area contributed by atoms with Crippen molar-refractivity contribution >= 4 is 52.1 Å². The van der Waals surface area contributed by atoms with E-state index in [0.717, 1.165) is 0 Å². The van der Waals surface area contributed by atoms with Crippen LogP contribution < -0.4 is 20.9 Å². The van der Waals surface area contributed by atoms with Crippen LogP contribution in [0.25, 0.3) is 0 Å². The molecule has 20 heavy (non-hydrogen) atoms. The van der Waals surface area contributed by atoms with Crippen molar-refractivity contribution in [3.05, 3.63) is 22.2 Å². The number of nitriles is 1. The number of hydrazine groups is 1. The first kappa shape index (κ1) is 16.3. The predicted octanol–water partition coefficient (Wildman–Crippen LogP) is 2.23. The van der Waals surface area contributed by atoms with Crippen LogP contribution >= 0.6 is 35.4 Å². The Hall–Kier alpha value is -1.75. The van der Waals surface area contributed by atoms with Crippen LogP contribution in [0.1, 0.15) is 6.42 Å². The monoisotopic (exact) mass is 332 g/mol. The molecule has 0 unspecified atom stereocenters. The average molecular weight is 333 g/mol. The van der Waals surface area contributed by atoms with Gasteiger partial charge in [0.15, 0.2) is 10.9 Å². The molecule has 106 valence electrons. The number of rotatable bonds is 3. The number of benzene rings is 1. The van der Waals surface area contributed by atoms with Crippen LogP contribution in [0.5, 0.6) is 5.75 Å². The van der Waals surface area contributed by atoms with E-state index in [4.69, 9.17) is 45.4 Å². The largest absolute Gasteiger partial charge is 0.494 e. The molecule has 0 fully saturated rings. The summed E-state index contributed by atoms with van der Waals surface area (Å²) in [4.78, 5) is 11.0. The number of methoxy groups -OCH3 is 1. The number of hydrogen-bond acceptors (Lipinski definition) is 4. The molecule has 1 amide bonds. The van der Waals surface area contributed by atoms with Gasteiger partial charge in [-0.05, 0) is 24.4 Å². The second kappa shape index (κ2) is 7.75. The topological polar surface area (TPSA) is 86.2 Å². The van der Waals surface area contributed by atoms with E-state index in [9.17, 15) is 4.79 Å². The maximum Gasteiger partial charge on any atom is 0.252 e. The third kappa shape index (κ3) is 4.74. The van der Waals surface area contributed by atoms with E-state index in [1.807, 2.05) is 0 Å². The van der Waals surface area contributed by atoms with Gasteiger partial charge >= 0.3 is 0 Å². The van der Waals surface area contributed by atoms with Crippen LogP contribution in [0, 0.1) is 11.3 Å². The van der Waals surface area contributed by atoms with Crippen molar-refractivity contribution in [2.45, 2.75) is 6.42 Å². The Morgan fingerprint density at radius 2 is 2.00 bits per heavy atom. The summed E-state index contributed by atoms with van der Waals surface area (Å²) < 4.78 is 5.01. The molecule has 0 heterocycles. The Balaban J connectivity index is 2.63. The second-order valence-electron chi connectivity index (χ2n) is 3.44. The molecule has 6 nitrogen and oxygen atoms in total. The standard InChI is InChI=1S/C11H10Cl2N4O2S/c1-19-10-7(12)4-6(5-8(10)13)15-11(20)17-16-9(18)2-3-14/h4-5H,2H2,1H3,(H,16,18)(H2,15,17,20). The molecule has 1 rings (SSSR count). The van der Waals surface area contributed by atoms with E-state index in [1.54, 1.807) is 18.2 Å². The second-order valence-corrected chi connectivity index (χ2v) is 4.66. The van der Waals surface area contributed by atoms with Gasteiger partial charge in [0.05, 0.1) is 23.2 Å². The highest BCUT2D eigenvalue weighted by Crippen LogP contribution is 2.35. The lowest BCUT2D eigenvalue weighted by molar-refractivity contribution is -0.120. The van der Waals surface area contributed by atoms with Gasteiger partial charge in [-0.15, -0.1) is 0 Å². The Kier molecular flexibility index (Phi) is 6.31. The Bertz CT molecular complexity index is 551. The number of hydrogen-bond donors (Lipinski definition) is 3. The van der Waals surface area contributed by atoms with Crippen LogP contribution in [0.15, 0.2) is 12.1 Å². The Morgan fingerprint density at radius 3 is 2.50 bits per heavy atom. The van der Waals surface area contributed by atoms with Gasteiger partial charge in [-0.1, -0.05) is 23.2 Å². The molecule has 0 aromatic heterocycles. The number of nitrogens with one attached hydrogen (secondary N) is 3. The van der Waals surface area contributed by atoms with E-state index >= 15 is 0 Å². The molecule has 0 saturated heterocycles. The number of carbonyl (C=O) groups is 1. The Labute approximate surface area is 131 Å². The molecule has 3 N–H and O–H groups in total. The van der Waals surface area contributed by atoms with E-state index in [0.29, 0.717) is 21.5 Å². The lowest BCUT2D eigenvalue weighted by atomic mass is 10.3. The predicted molar refractivity (Wildman–Crippen MR) is 80.7 cm³/mol. The van der Waals surface area contributed by atoms with Gasteiger partial charge < -0.3 is 10.1 Å². The van der Waals surface area contributed by atoms with Gasteiger partial charge in [0.25, 0.3) is 5.91 Å². The van der Waals surface area contributed by atoms with Gasteiger partial charge in [-0.3, -0.25) is 15.6 Å². The summed E-state index contributed by atoms with van der Waals surface area (Å²) in [5.41, 5.74) is 5.21. The Morgan fingerprint density at radius 1 is 1.40 bits per heavy atom. The third-order valence-electron chi connectivity index (χ3n) is 2.02. The maximum atomic E-state index is 11.0. The number of amides is 1. The summed E-state index contributed by atoms with van der Waals surface area (Å²) in [6, 6.07) is 4.84.